The van der Waals surface area contributed by atoms with Gasteiger partial charge in [0.15, 0.2) is 15.8 Å². The van der Waals surface area contributed by atoms with Crippen molar-refractivity contribution in [1.82, 2.24) is 14.1 Å². The SMILES string of the molecule is CCCNc1nc2sccn2c1S(=O)(=O)NC(C)C1CC1. The van der Waals surface area contributed by atoms with Gasteiger partial charge in [-0.3, -0.25) is 4.40 Å². The molecule has 21 heavy (non-hydrogen) atoms. The normalized spacial score (nSPS) is 17.2. The van der Waals surface area contributed by atoms with Crippen molar-refractivity contribution >= 4 is 32.1 Å². The predicted octanol–water partition coefficient (Wildman–Crippen LogP) is 2.29. The number of rotatable bonds is 7. The highest BCUT2D eigenvalue weighted by Crippen LogP contribution is 2.34. The average molecular weight is 328 g/mol. The highest BCUT2D eigenvalue weighted by molar-refractivity contribution is 7.89. The highest BCUT2D eigenvalue weighted by Gasteiger charge is 2.33. The van der Waals surface area contributed by atoms with Gasteiger partial charge in [0.1, 0.15) is 0 Å². The second kappa shape index (κ2) is 5.58. The van der Waals surface area contributed by atoms with Gasteiger partial charge in [0, 0.05) is 24.2 Å². The van der Waals surface area contributed by atoms with E-state index in [-0.39, 0.29) is 11.1 Å². The summed E-state index contributed by atoms with van der Waals surface area (Å²) in [6.45, 7) is 4.67. The van der Waals surface area contributed by atoms with Gasteiger partial charge in [-0.1, -0.05) is 6.92 Å². The number of imidazole rings is 1. The molecule has 0 aliphatic heterocycles. The Hall–Kier alpha value is -1.12. The van der Waals surface area contributed by atoms with Crippen molar-refractivity contribution in [3.63, 3.8) is 0 Å². The van der Waals surface area contributed by atoms with Crippen LogP contribution in [-0.4, -0.2) is 30.4 Å². The molecule has 0 spiro atoms. The Balaban J connectivity index is 1.97. The standard InChI is InChI=1S/C13H20N4O2S2/c1-3-6-14-11-12(17-7-8-20-13(17)15-11)21(18,19)16-9(2)10-4-5-10/h7-10,14,16H,3-6H2,1-2H3. The van der Waals surface area contributed by atoms with Crippen molar-refractivity contribution in [2.24, 2.45) is 5.92 Å². The quantitative estimate of drug-likeness (QED) is 0.818. The summed E-state index contributed by atoms with van der Waals surface area (Å²) >= 11 is 1.43. The van der Waals surface area contributed by atoms with Crippen LogP contribution >= 0.6 is 11.3 Å². The van der Waals surface area contributed by atoms with Crippen molar-refractivity contribution < 1.29 is 8.42 Å². The summed E-state index contributed by atoms with van der Waals surface area (Å²) in [5, 5.41) is 5.18. The molecule has 0 radical (unpaired) electrons. The maximum absolute atomic E-state index is 12.7. The van der Waals surface area contributed by atoms with Crippen LogP contribution in [-0.2, 0) is 10.0 Å². The largest absolute Gasteiger partial charge is 0.368 e. The molecule has 0 amide bonds. The van der Waals surface area contributed by atoms with Crippen molar-refractivity contribution in [1.29, 1.82) is 0 Å². The minimum absolute atomic E-state index is 0.0294. The van der Waals surface area contributed by atoms with Gasteiger partial charge in [-0.05, 0) is 32.1 Å². The van der Waals surface area contributed by atoms with E-state index in [0.29, 0.717) is 23.2 Å². The number of hydrogen-bond donors (Lipinski definition) is 2. The van der Waals surface area contributed by atoms with Gasteiger partial charge in [-0.2, -0.15) is 0 Å². The van der Waals surface area contributed by atoms with Gasteiger partial charge in [-0.25, -0.2) is 18.1 Å². The molecule has 1 aliphatic rings. The predicted molar refractivity (Wildman–Crippen MR) is 84.4 cm³/mol. The molecule has 0 aromatic carbocycles. The molecule has 1 atom stereocenters. The molecular formula is C13H20N4O2S2. The van der Waals surface area contributed by atoms with Gasteiger partial charge < -0.3 is 5.32 Å². The smallest absolute Gasteiger partial charge is 0.260 e. The molecule has 116 valence electrons. The Morgan fingerprint density at radius 1 is 1.52 bits per heavy atom. The Bertz CT molecular complexity index is 731. The van der Waals surface area contributed by atoms with Crippen molar-refractivity contribution in [2.45, 2.75) is 44.2 Å². The minimum atomic E-state index is -3.58. The highest BCUT2D eigenvalue weighted by atomic mass is 32.2. The van der Waals surface area contributed by atoms with Crippen molar-refractivity contribution in [2.75, 3.05) is 11.9 Å². The van der Waals surface area contributed by atoms with Crippen LogP contribution in [0.15, 0.2) is 16.6 Å². The van der Waals surface area contributed by atoms with Crippen molar-refractivity contribution in [3.05, 3.63) is 11.6 Å². The van der Waals surface area contributed by atoms with E-state index in [1.165, 1.54) is 11.3 Å². The fraction of sp³-hybridized carbons (Fsp3) is 0.615. The Morgan fingerprint density at radius 2 is 2.29 bits per heavy atom. The molecule has 3 rings (SSSR count). The first-order valence-electron chi connectivity index (χ1n) is 7.24. The number of anilines is 1. The molecule has 2 aromatic heterocycles. The van der Waals surface area contributed by atoms with E-state index in [4.69, 9.17) is 0 Å². The van der Waals surface area contributed by atoms with Crippen LogP contribution < -0.4 is 10.0 Å². The third-order valence-electron chi connectivity index (χ3n) is 3.69. The fourth-order valence-electron chi connectivity index (χ4n) is 2.37. The number of aromatic nitrogens is 2. The number of nitrogens with zero attached hydrogens (tertiary/aromatic N) is 2. The molecule has 1 saturated carbocycles. The molecule has 2 heterocycles. The molecule has 0 bridgehead atoms. The van der Waals surface area contributed by atoms with Crippen LogP contribution in [0.3, 0.4) is 0 Å². The van der Waals surface area contributed by atoms with Gasteiger partial charge in [0.25, 0.3) is 10.0 Å². The van der Waals surface area contributed by atoms with Crippen LogP contribution in [0, 0.1) is 5.92 Å². The summed E-state index contributed by atoms with van der Waals surface area (Å²) in [6.07, 6.45) is 4.87. The van der Waals surface area contributed by atoms with E-state index < -0.39 is 10.0 Å². The van der Waals surface area contributed by atoms with E-state index in [1.54, 1.807) is 10.6 Å². The molecule has 1 unspecified atom stereocenters. The minimum Gasteiger partial charge on any atom is -0.368 e. The first-order chi connectivity index (χ1) is 10.0. The average Bonchev–Trinajstić information content (AvgIpc) is 3.07. The van der Waals surface area contributed by atoms with Gasteiger partial charge in [-0.15, -0.1) is 11.3 Å². The number of hydrogen-bond acceptors (Lipinski definition) is 5. The summed E-state index contributed by atoms with van der Waals surface area (Å²) in [6, 6.07) is -0.0294. The molecule has 0 saturated heterocycles. The summed E-state index contributed by atoms with van der Waals surface area (Å²) in [5.41, 5.74) is 0. The molecule has 1 aliphatic carbocycles. The summed E-state index contributed by atoms with van der Waals surface area (Å²) < 4.78 is 29.9. The van der Waals surface area contributed by atoms with Crippen LogP contribution in [0.5, 0.6) is 0 Å². The van der Waals surface area contributed by atoms with Crippen LogP contribution in [0.25, 0.3) is 4.96 Å². The first-order valence-corrected chi connectivity index (χ1v) is 9.61. The molecular weight excluding hydrogens is 308 g/mol. The monoisotopic (exact) mass is 328 g/mol. The van der Waals surface area contributed by atoms with E-state index in [1.807, 2.05) is 19.2 Å². The van der Waals surface area contributed by atoms with Gasteiger partial charge in [0.2, 0.25) is 0 Å². The van der Waals surface area contributed by atoms with E-state index in [9.17, 15) is 8.42 Å². The third kappa shape index (κ3) is 2.93. The van der Waals surface area contributed by atoms with E-state index in [0.717, 1.165) is 19.3 Å². The van der Waals surface area contributed by atoms with Gasteiger partial charge >= 0.3 is 0 Å². The van der Waals surface area contributed by atoms with Crippen LogP contribution in [0.1, 0.15) is 33.1 Å². The Kier molecular flexibility index (Phi) is 3.94. The Labute approximate surface area is 128 Å². The zero-order chi connectivity index (χ0) is 15.0. The maximum atomic E-state index is 12.7. The molecule has 8 heteroatoms. The van der Waals surface area contributed by atoms with E-state index in [2.05, 4.69) is 15.0 Å². The lowest BCUT2D eigenvalue weighted by Crippen LogP contribution is -2.35. The third-order valence-corrected chi connectivity index (χ3v) is 6.02. The molecule has 1 fully saturated rings. The zero-order valence-corrected chi connectivity index (χ0v) is 13.8. The lowest BCUT2D eigenvalue weighted by molar-refractivity contribution is 0.535. The van der Waals surface area contributed by atoms with Gasteiger partial charge in [0.05, 0.1) is 0 Å². The molecule has 6 nitrogen and oxygen atoms in total. The van der Waals surface area contributed by atoms with E-state index >= 15 is 0 Å². The fourth-order valence-corrected chi connectivity index (χ4v) is 4.72. The topological polar surface area (TPSA) is 75.5 Å². The van der Waals surface area contributed by atoms with Crippen molar-refractivity contribution in [3.8, 4) is 0 Å². The summed E-state index contributed by atoms with van der Waals surface area (Å²) in [4.78, 5) is 5.08. The lowest BCUT2D eigenvalue weighted by Gasteiger charge is -2.14. The maximum Gasteiger partial charge on any atom is 0.260 e. The second-order valence-electron chi connectivity index (χ2n) is 5.50. The second-order valence-corrected chi connectivity index (χ2v) is 8.00. The number of nitrogens with one attached hydrogen (secondary N) is 2. The molecule has 2 N–H and O–H groups in total. The van der Waals surface area contributed by atoms with Crippen LogP contribution in [0.4, 0.5) is 5.82 Å². The summed E-state index contributed by atoms with van der Waals surface area (Å²) in [5.74, 6) is 0.914. The Morgan fingerprint density at radius 3 is 2.95 bits per heavy atom. The molecule has 2 aromatic rings. The number of sulfonamides is 1. The lowest BCUT2D eigenvalue weighted by atomic mass is 10.2. The number of fused-ring (bicyclic) bond motifs is 1. The number of thiazole rings is 1. The summed E-state index contributed by atoms with van der Waals surface area (Å²) in [7, 11) is -3.58. The first kappa shape index (κ1) is 14.8. The van der Waals surface area contributed by atoms with Crippen LogP contribution in [0.2, 0.25) is 0 Å². The zero-order valence-electron chi connectivity index (χ0n) is 12.2.